The van der Waals surface area contributed by atoms with Gasteiger partial charge in [-0.3, -0.25) is 9.97 Å². The van der Waals surface area contributed by atoms with E-state index >= 15 is 0 Å². The highest BCUT2D eigenvalue weighted by atomic mass is 16.5. The summed E-state index contributed by atoms with van der Waals surface area (Å²) < 4.78 is 5.30. The van der Waals surface area contributed by atoms with E-state index in [1.807, 2.05) is 24.4 Å². The zero-order valence-electron chi connectivity index (χ0n) is 11.7. The predicted molar refractivity (Wildman–Crippen MR) is 78.0 cm³/mol. The van der Waals surface area contributed by atoms with E-state index in [-0.39, 0.29) is 0 Å². The molecule has 0 amide bonds. The lowest BCUT2D eigenvalue weighted by molar-refractivity contribution is 0.431. The van der Waals surface area contributed by atoms with Gasteiger partial charge in [-0.2, -0.15) is 4.98 Å². The molecule has 6 heteroatoms. The molecule has 21 heavy (non-hydrogen) atoms. The second kappa shape index (κ2) is 5.80. The Morgan fingerprint density at radius 1 is 1.19 bits per heavy atom. The molecule has 0 bridgehead atoms. The van der Waals surface area contributed by atoms with Crippen LogP contribution < -0.4 is 5.73 Å². The zero-order valence-corrected chi connectivity index (χ0v) is 11.7. The summed E-state index contributed by atoms with van der Waals surface area (Å²) in [7, 11) is 0. The third kappa shape index (κ3) is 2.66. The van der Waals surface area contributed by atoms with Crippen molar-refractivity contribution in [2.45, 2.75) is 19.9 Å². The number of hydrogen-bond acceptors (Lipinski definition) is 6. The van der Waals surface area contributed by atoms with Gasteiger partial charge in [-0.1, -0.05) is 18.1 Å². The van der Waals surface area contributed by atoms with E-state index in [4.69, 9.17) is 10.3 Å². The first kappa shape index (κ1) is 13.4. The number of aromatic nitrogens is 4. The van der Waals surface area contributed by atoms with Crippen molar-refractivity contribution in [2.24, 2.45) is 5.73 Å². The van der Waals surface area contributed by atoms with E-state index in [9.17, 15) is 0 Å². The first-order valence-electron chi connectivity index (χ1n) is 6.74. The SMILES string of the molecule is CCc1cnccc1-c1noc(-c2ccc(CN)cn2)n1. The van der Waals surface area contributed by atoms with Gasteiger partial charge < -0.3 is 10.3 Å². The van der Waals surface area contributed by atoms with Gasteiger partial charge in [0.25, 0.3) is 5.89 Å². The van der Waals surface area contributed by atoms with Crippen molar-refractivity contribution in [3.8, 4) is 23.0 Å². The van der Waals surface area contributed by atoms with Crippen molar-refractivity contribution in [3.05, 3.63) is 47.9 Å². The highest BCUT2D eigenvalue weighted by molar-refractivity contribution is 5.61. The van der Waals surface area contributed by atoms with Gasteiger partial charge >= 0.3 is 0 Å². The first-order chi connectivity index (χ1) is 10.3. The van der Waals surface area contributed by atoms with Crippen LogP contribution in [-0.4, -0.2) is 20.1 Å². The van der Waals surface area contributed by atoms with Crippen LogP contribution >= 0.6 is 0 Å². The van der Waals surface area contributed by atoms with Crippen molar-refractivity contribution in [1.29, 1.82) is 0 Å². The summed E-state index contributed by atoms with van der Waals surface area (Å²) in [6.45, 7) is 2.52. The molecule has 3 aromatic heterocycles. The molecule has 0 aromatic carbocycles. The Morgan fingerprint density at radius 3 is 2.81 bits per heavy atom. The maximum atomic E-state index is 5.55. The van der Waals surface area contributed by atoms with E-state index in [0.29, 0.717) is 24.0 Å². The normalized spacial score (nSPS) is 10.8. The summed E-state index contributed by atoms with van der Waals surface area (Å²) in [5, 5.41) is 4.04. The average molecular weight is 281 g/mol. The second-order valence-corrected chi connectivity index (χ2v) is 4.57. The van der Waals surface area contributed by atoms with Crippen molar-refractivity contribution in [1.82, 2.24) is 20.1 Å². The van der Waals surface area contributed by atoms with Gasteiger partial charge in [0.05, 0.1) is 0 Å². The van der Waals surface area contributed by atoms with E-state index in [1.54, 1.807) is 12.4 Å². The molecule has 0 saturated heterocycles. The third-order valence-corrected chi connectivity index (χ3v) is 3.23. The minimum atomic E-state index is 0.396. The molecule has 0 fully saturated rings. The Hall–Kier alpha value is -2.60. The van der Waals surface area contributed by atoms with Crippen LogP contribution in [0.5, 0.6) is 0 Å². The molecule has 6 nitrogen and oxygen atoms in total. The number of pyridine rings is 2. The fraction of sp³-hybridized carbons (Fsp3) is 0.200. The van der Waals surface area contributed by atoms with Gasteiger partial charge in [-0.25, -0.2) is 0 Å². The van der Waals surface area contributed by atoms with Crippen LogP contribution in [0.2, 0.25) is 0 Å². The Balaban J connectivity index is 1.95. The molecule has 0 atom stereocenters. The van der Waals surface area contributed by atoms with Crippen LogP contribution in [0.3, 0.4) is 0 Å². The predicted octanol–water partition coefficient (Wildman–Crippen LogP) is 2.21. The summed E-state index contributed by atoms with van der Waals surface area (Å²) >= 11 is 0. The Morgan fingerprint density at radius 2 is 2.10 bits per heavy atom. The third-order valence-electron chi connectivity index (χ3n) is 3.23. The van der Waals surface area contributed by atoms with Gasteiger partial charge in [0.2, 0.25) is 5.82 Å². The molecule has 0 unspecified atom stereocenters. The van der Waals surface area contributed by atoms with E-state index in [2.05, 4.69) is 27.0 Å². The minimum Gasteiger partial charge on any atom is -0.332 e. The summed E-state index contributed by atoms with van der Waals surface area (Å²) in [4.78, 5) is 12.8. The van der Waals surface area contributed by atoms with Crippen molar-refractivity contribution >= 4 is 0 Å². The van der Waals surface area contributed by atoms with E-state index < -0.39 is 0 Å². The van der Waals surface area contributed by atoms with Crippen LogP contribution in [0.4, 0.5) is 0 Å². The fourth-order valence-electron chi connectivity index (χ4n) is 2.04. The molecule has 3 heterocycles. The van der Waals surface area contributed by atoms with Gasteiger partial charge in [0.1, 0.15) is 5.69 Å². The van der Waals surface area contributed by atoms with Crippen molar-refractivity contribution in [2.75, 3.05) is 0 Å². The lowest BCUT2D eigenvalue weighted by Gasteiger charge is -2.00. The average Bonchev–Trinajstić information content (AvgIpc) is 3.04. The van der Waals surface area contributed by atoms with Crippen LogP contribution in [0.25, 0.3) is 23.0 Å². The lowest BCUT2D eigenvalue weighted by atomic mass is 10.1. The molecule has 0 aliphatic heterocycles. The summed E-state index contributed by atoms with van der Waals surface area (Å²) in [6, 6.07) is 5.61. The number of nitrogens with zero attached hydrogens (tertiary/aromatic N) is 4. The standard InChI is InChI=1S/C15H15N5O/c1-2-11-9-17-6-5-12(11)14-19-15(21-20-14)13-4-3-10(7-16)8-18-13/h3-6,8-9H,2,7,16H2,1H3. The monoisotopic (exact) mass is 281 g/mol. The molecule has 0 saturated carbocycles. The molecule has 0 spiro atoms. The highest BCUT2D eigenvalue weighted by Crippen LogP contribution is 2.23. The molecule has 106 valence electrons. The molecular formula is C15H15N5O. The van der Waals surface area contributed by atoms with Gasteiger partial charge in [-0.05, 0) is 29.7 Å². The smallest absolute Gasteiger partial charge is 0.276 e. The summed E-state index contributed by atoms with van der Waals surface area (Å²) in [5.41, 5.74) is 9.16. The van der Waals surface area contributed by atoms with Gasteiger partial charge in [0.15, 0.2) is 0 Å². The topological polar surface area (TPSA) is 90.7 Å². The maximum Gasteiger partial charge on any atom is 0.276 e. The Kier molecular flexibility index (Phi) is 3.70. The summed E-state index contributed by atoms with van der Waals surface area (Å²) in [6.07, 6.45) is 6.11. The summed E-state index contributed by atoms with van der Waals surface area (Å²) in [5.74, 6) is 0.946. The molecule has 3 rings (SSSR count). The number of aryl methyl sites for hydroxylation is 1. The Labute approximate surface area is 122 Å². The lowest BCUT2D eigenvalue weighted by Crippen LogP contribution is -1.97. The first-order valence-corrected chi connectivity index (χ1v) is 6.74. The van der Waals surface area contributed by atoms with Crippen LogP contribution in [0.15, 0.2) is 41.3 Å². The van der Waals surface area contributed by atoms with Gasteiger partial charge in [0, 0.05) is 30.7 Å². The second-order valence-electron chi connectivity index (χ2n) is 4.57. The molecule has 2 N–H and O–H groups in total. The van der Waals surface area contributed by atoms with Crippen LogP contribution in [-0.2, 0) is 13.0 Å². The molecular weight excluding hydrogens is 266 g/mol. The van der Waals surface area contributed by atoms with Crippen LogP contribution in [0.1, 0.15) is 18.1 Å². The van der Waals surface area contributed by atoms with E-state index in [0.717, 1.165) is 23.1 Å². The molecule has 3 aromatic rings. The largest absolute Gasteiger partial charge is 0.332 e. The van der Waals surface area contributed by atoms with Crippen LogP contribution in [0, 0.1) is 0 Å². The molecule has 0 radical (unpaired) electrons. The van der Waals surface area contributed by atoms with Gasteiger partial charge in [-0.15, -0.1) is 0 Å². The molecule has 0 aliphatic rings. The van der Waals surface area contributed by atoms with Crippen molar-refractivity contribution < 1.29 is 4.52 Å². The number of rotatable bonds is 4. The number of hydrogen-bond donors (Lipinski definition) is 1. The van der Waals surface area contributed by atoms with E-state index in [1.165, 1.54) is 0 Å². The number of nitrogens with two attached hydrogens (primary N) is 1. The molecule has 0 aliphatic carbocycles. The van der Waals surface area contributed by atoms with Crippen molar-refractivity contribution in [3.63, 3.8) is 0 Å². The minimum absolute atomic E-state index is 0.396. The quantitative estimate of drug-likeness (QED) is 0.788. The maximum absolute atomic E-state index is 5.55. The Bertz CT molecular complexity index is 736. The highest BCUT2D eigenvalue weighted by Gasteiger charge is 2.13. The zero-order chi connectivity index (χ0) is 14.7. The fourth-order valence-corrected chi connectivity index (χ4v) is 2.04.